The summed E-state index contributed by atoms with van der Waals surface area (Å²) in [7, 11) is 0. The van der Waals surface area contributed by atoms with Crippen LogP contribution in [-0.2, 0) is 17.8 Å². The van der Waals surface area contributed by atoms with E-state index in [-0.39, 0.29) is 5.91 Å². The lowest BCUT2D eigenvalue weighted by Crippen LogP contribution is -2.31. The maximum atomic E-state index is 12.4. The molecule has 130 valence electrons. The van der Waals surface area contributed by atoms with Crippen LogP contribution < -0.4 is 10.1 Å². The van der Waals surface area contributed by atoms with E-state index >= 15 is 0 Å². The van der Waals surface area contributed by atoms with E-state index in [1.54, 1.807) is 35.2 Å². The Morgan fingerprint density at radius 2 is 2.08 bits per heavy atom. The number of carbonyl (C=O) groups excluding carboxylic acids is 1. The monoisotopic (exact) mass is 355 g/mol. The van der Waals surface area contributed by atoms with Crippen LogP contribution in [0.3, 0.4) is 0 Å². The van der Waals surface area contributed by atoms with Crippen molar-refractivity contribution >= 4 is 23.1 Å². The van der Waals surface area contributed by atoms with Gasteiger partial charge in [0.2, 0.25) is 0 Å². The number of aryl methyl sites for hydroxylation is 1. The zero-order chi connectivity index (χ0) is 17.6. The van der Waals surface area contributed by atoms with E-state index in [4.69, 9.17) is 4.74 Å². The predicted octanol–water partition coefficient (Wildman–Crippen LogP) is 3.96. The van der Waals surface area contributed by atoms with Crippen molar-refractivity contribution in [1.29, 1.82) is 0 Å². The maximum absolute atomic E-state index is 12.4. The lowest BCUT2D eigenvalue weighted by molar-refractivity contribution is -0.122. The molecule has 0 bridgehead atoms. The van der Waals surface area contributed by atoms with Gasteiger partial charge in [0.15, 0.2) is 6.10 Å². The fourth-order valence-corrected chi connectivity index (χ4v) is 3.09. The molecule has 2 aromatic heterocycles. The van der Waals surface area contributed by atoms with Gasteiger partial charge in [0, 0.05) is 10.9 Å². The van der Waals surface area contributed by atoms with Crippen LogP contribution in [0.5, 0.6) is 5.75 Å². The standard InChI is InChI=1S/C19H21N3O2S/c1-3-15-6-8-16(9-7-15)24-14(2)19(23)21-18-10-11-20-22(18)13-17-5-4-12-25-17/h4-12,14H,3,13H2,1-2H3,(H,21,23)/t14-/m1/s1. The molecule has 5 nitrogen and oxygen atoms in total. The van der Waals surface area contributed by atoms with Crippen LogP contribution in [-0.4, -0.2) is 21.8 Å². The lowest BCUT2D eigenvalue weighted by Gasteiger charge is -2.15. The minimum absolute atomic E-state index is 0.201. The lowest BCUT2D eigenvalue weighted by atomic mass is 10.2. The van der Waals surface area contributed by atoms with Crippen LogP contribution in [0.15, 0.2) is 54.0 Å². The molecule has 3 aromatic rings. The molecule has 0 saturated carbocycles. The van der Waals surface area contributed by atoms with Crippen molar-refractivity contribution in [1.82, 2.24) is 9.78 Å². The number of ether oxygens (including phenoxy) is 1. The second kappa shape index (κ2) is 7.98. The molecule has 0 spiro atoms. The highest BCUT2D eigenvalue weighted by Gasteiger charge is 2.17. The summed E-state index contributed by atoms with van der Waals surface area (Å²) in [6, 6.07) is 13.6. The van der Waals surface area contributed by atoms with Crippen LogP contribution in [0.1, 0.15) is 24.3 Å². The molecule has 1 N–H and O–H groups in total. The summed E-state index contributed by atoms with van der Waals surface area (Å²) in [4.78, 5) is 13.6. The molecular formula is C19H21N3O2S. The Bertz CT molecular complexity index is 810. The third kappa shape index (κ3) is 4.48. The molecule has 1 atom stereocenters. The van der Waals surface area contributed by atoms with Crippen LogP contribution >= 0.6 is 11.3 Å². The van der Waals surface area contributed by atoms with Gasteiger partial charge in [0.1, 0.15) is 11.6 Å². The number of rotatable bonds is 7. The summed E-state index contributed by atoms with van der Waals surface area (Å²) in [6.45, 7) is 4.47. The van der Waals surface area contributed by atoms with Gasteiger partial charge in [-0.2, -0.15) is 5.10 Å². The molecule has 0 radical (unpaired) electrons. The van der Waals surface area contributed by atoms with E-state index in [9.17, 15) is 4.79 Å². The van der Waals surface area contributed by atoms with Gasteiger partial charge in [-0.05, 0) is 42.5 Å². The van der Waals surface area contributed by atoms with E-state index < -0.39 is 6.10 Å². The Labute approximate surface area is 151 Å². The van der Waals surface area contributed by atoms with Gasteiger partial charge in [-0.25, -0.2) is 4.68 Å². The maximum Gasteiger partial charge on any atom is 0.266 e. The Balaban J connectivity index is 1.60. The number of carbonyl (C=O) groups is 1. The summed E-state index contributed by atoms with van der Waals surface area (Å²) in [5, 5.41) is 9.19. The van der Waals surface area contributed by atoms with Gasteiger partial charge < -0.3 is 10.1 Å². The summed E-state index contributed by atoms with van der Waals surface area (Å²) in [6.07, 6.45) is 2.06. The smallest absolute Gasteiger partial charge is 0.266 e. The number of hydrogen-bond donors (Lipinski definition) is 1. The zero-order valence-corrected chi connectivity index (χ0v) is 15.1. The van der Waals surface area contributed by atoms with Crippen molar-refractivity contribution in [3.05, 3.63) is 64.5 Å². The summed E-state index contributed by atoms with van der Waals surface area (Å²) < 4.78 is 7.50. The van der Waals surface area contributed by atoms with Crippen LogP contribution in [0, 0.1) is 0 Å². The minimum Gasteiger partial charge on any atom is -0.481 e. The highest BCUT2D eigenvalue weighted by atomic mass is 32.1. The normalized spacial score (nSPS) is 11.9. The molecule has 0 fully saturated rings. The third-order valence-corrected chi connectivity index (χ3v) is 4.73. The van der Waals surface area contributed by atoms with E-state index in [2.05, 4.69) is 17.3 Å². The Morgan fingerprint density at radius 3 is 2.76 bits per heavy atom. The van der Waals surface area contributed by atoms with Crippen molar-refractivity contribution in [3.8, 4) is 5.75 Å². The molecule has 0 aliphatic heterocycles. The number of nitrogens with zero attached hydrogens (tertiary/aromatic N) is 2. The van der Waals surface area contributed by atoms with Gasteiger partial charge >= 0.3 is 0 Å². The molecule has 2 heterocycles. The molecular weight excluding hydrogens is 334 g/mol. The van der Waals surface area contributed by atoms with Crippen molar-refractivity contribution in [2.45, 2.75) is 32.9 Å². The fourth-order valence-electron chi connectivity index (χ4n) is 2.40. The largest absolute Gasteiger partial charge is 0.481 e. The van der Waals surface area contributed by atoms with Crippen molar-refractivity contribution < 1.29 is 9.53 Å². The van der Waals surface area contributed by atoms with Gasteiger partial charge in [-0.1, -0.05) is 25.1 Å². The average molecular weight is 355 g/mol. The first-order valence-electron chi connectivity index (χ1n) is 8.26. The molecule has 6 heteroatoms. The Hall–Kier alpha value is -2.60. The predicted molar refractivity (Wildman–Crippen MR) is 100 cm³/mol. The molecule has 25 heavy (non-hydrogen) atoms. The first-order valence-corrected chi connectivity index (χ1v) is 9.14. The van der Waals surface area contributed by atoms with Crippen molar-refractivity contribution in [3.63, 3.8) is 0 Å². The zero-order valence-electron chi connectivity index (χ0n) is 14.3. The second-order valence-corrected chi connectivity index (χ2v) is 6.73. The Kier molecular flexibility index (Phi) is 5.50. The minimum atomic E-state index is -0.599. The van der Waals surface area contributed by atoms with Crippen LogP contribution in [0.4, 0.5) is 5.82 Å². The van der Waals surface area contributed by atoms with E-state index in [0.717, 1.165) is 6.42 Å². The van der Waals surface area contributed by atoms with Crippen molar-refractivity contribution in [2.24, 2.45) is 0 Å². The van der Waals surface area contributed by atoms with Crippen LogP contribution in [0.2, 0.25) is 0 Å². The summed E-state index contributed by atoms with van der Waals surface area (Å²) in [5.74, 6) is 1.15. The number of nitrogens with one attached hydrogen (secondary N) is 1. The van der Waals surface area contributed by atoms with Gasteiger partial charge in [0.25, 0.3) is 5.91 Å². The van der Waals surface area contributed by atoms with Gasteiger partial charge in [0.05, 0.1) is 12.7 Å². The molecule has 1 amide bonds. The summed E-state index contributed by atoms with van der Waals surface area (Å²) in [5.41, 5.74) is 1.24. The van der Waals surface area contributed by atoms with Crippen LogP contribution in [0.25, 0.3) is 0 Å². The third-order valence-electron chi connectivity index (χ3n) is 3.87. The average Bonchev–Trinajstić information content (AvgIpc) is 3.28. The molecule has 0 saturated heterocycles. The second-order valence-electron chi connectivity index (χ2n) is 5.70. The number of aromatic nitrogens is 2. The van der Waals surface area contributed by atoms with Gasteiger partial charge in [-0.15, -0.1) is 11.3 Å². The number of amides is 1. The number of hydrogen-bond acceptors (Lipinski definition) is 4. The SMILES string of the molecule is CCc1ccc(O[C@H](C)C(=O)Nc2ccnn2Cc2cccs2)cc1. The molecule has 0 aliphatic rings. The van der Waals surface area contributed by atoms with Gasteiger partial charge in [-0.3, -0.25) is 4.79 Å². The van der Waals surface area contributed by atoms with E-state index in [0.29, 0.717) is 18.1 Å². The summed E-state index contributed by atoms with van der Waals surface area (Å²) >= 11 is 1.66. The number of benzene rings is 1. The first kappa shape index (κ1) is 17.2. The quantitative estimate of drug-likeness (QED) is 0.698. The molecule has 1 aromatic carbocycles. The molecule has 3 rings (SSSR count). The number of thiophene rings is 1. The highest BCUT2D eigenvalue weighted by Crippen LogP contribution is 2.17. The molecule has 0 unspecified atom stereocenters. The van der Waals surface area contributed by atoms with Crippen molar-refractivity contribution in [2.75, 3.05) is 5.32 Å². The fraction of sp³-hybridized carbons (Fsp3) is 0.263. The number of anilines is 1. The highest BCUT2D eigenvalue weighted by molar-refractivity contribution is 7.09. The topological polar surface area (TPSA) is 56.1 Å². The Morgan fingerprint density at radius 1 is 1.28 bits per heavy atom. The van der Waals surface area contributed by atoms with E-state index in [1.165, 1.54) is 10.4 Å². The molecule has 0 aliphatic carbocycles. The first-order chi connectivity index (χ1) is 12.2. The van der Waals surface area contributed by atoms with E-state index in [1.807, 2.05) is 41.8 Å².